The number of hydrogen-bond acceptors (Lipinski definition) is 17. The smallest absolute Gasteiger partial charge is 0.257 e. The normalized spacial score (nSPS) is 16.6. The second-order valence-corrected chi connectivity index (χ2v) is 22.5. The molecule has 7 N–H and O–H groups in total. The van der Waals surface area contributed by atoms with Gasteiger partial charge in [-0.15, -0.1) is 0 Å². The summed E-state index contributed by atoms with van der Waals surface area (Å²) >= 11 is 0. The summed E-state index contributed by atoms with van der Waals surface area (Å²) in [5, 5.41) is 26.3. The van der Waals surface area contributed by atoms with Crippen LogP contribution in [0.1, 0.15) is 64.8 Å². The average Bonchev–Trinajstić information content (AvgIpc) is 2.72. The maximum Gasteiger partial charge on any atom is 0.257 e. The molecule has 2 aliphatic carbocycles. The van der Waals surface area contributed by atoms with E-state index in [1.165, 1.54) is 25.7 Å². The number of likely N-dealkylation sites (tertiary alicyclic amines) is 2. The number of carbonyl (C=O) groups excluding carboxylic acids is 4. The Bertz CT molecular complexity index is 3950. The van der Waals surface area contributed by atoms with Crippen molar-refractivity contribution in [3.63, 3.8) is 0 Å². The number of amides is 4. The van der Waals surface area contributed by atoms with E-state index in [0.29, 0.717) is 114 Å². The van der Waals surface area contributed by atoms with Gasteiger partial charge < -0.3 is 44.6 Å². The second-order valence-electron chi connectivity index (χ2n) is 22.5. The third-order valence-corrected chi connectivity index (χ3v) is 16.0. The zero-order valence-electron chi connectivity index (χ0n) is 49.6. The monoisotopic (exact) mass is 1200 g/mol. The number of H-pyrrole nitrogens is 3. The van der Waals surface area contributed by atoms with Crippen LogP contribution in [0.15, 0.2) is 146 Å². The van der Waals surface area contributed by atoms with E-state index in [-0.39, 0.29) is 35.7 Å². The van der Waals surface area contributed by atoms with Gasteiger partial charge in [0.15, 0.2) is 22.9 Å². The summed E-state index contributed by atoms with van der Waals surface area (Å²) in [6.07, 6.45) is 23.6. The van der Waals surface area contributed by atoms with Gasteiger partial charge >= 0.3 is 0 Å². The molecule has 25 heteroatoms. The van der Waals surface area contributed by atoms with Crippen molar-refractivity contribution in [2.24, 2.45) is 0 Å². The second kappa shape index (κ2) is 27.1. The summed E-state index contributed by atoms with van der Waals surface area (Å²) in [5.41, 5.74) is 3.20. The van der Waals surface area contributed by atoms with Crippen LogP contribution in [0.5, 0.6) is 28.7 Å². The zero-order chi connectivity index (χ0) is 61.2. The fourth-order valence-electron chi connectivity index (χ4n) is 10.7. The number of imidazole rings is 2. The Kier molecular flexibility index (Phi) is 18.0. The van der Waals surface area contributed by atoms with Crippen LogP contribution in [0.2, 0.25) is 0 Å². The first-order chi connectivity index (χ1) is 43.5. The molecule has 2 saturated heterocycles. The number of hydrogen-bond donors (Lipinski definition) is 7. The van der Waals surface area contributed by atoms with Crippen LogP contribution in [-0.2, 0) is 16.1 Å². The largest absolute Gasteiger partial charge is 0.497 e. The number of nitrogens with one attached hydrogen (secondary N) is 7. The Morgan fingerprint density at radius 2 is 1.10 bits per heavy atom. The molecule has 9 aromatic rings. The zero-order valence-corrected chi connectivity index (χ0v) is 49.6. The standard InChI is InChI=1S/C36H39N9O4.C28H31N9O3/c1-43(27-9-10-27)20-3-4-31(46)44-21-16-26(23-44)40-33-32-30(49-29-13-7-25(8-14-29)35(47)41-36-38-18-19-39-36)15-17-37-34(32)45(42-33)22-24-5-11-28(48-2)12-6-24;1-36(20-6-7-20)15-2-3-23(38)37-16-11-19(17-37)32-26-24-22(10-12-29-25(24)34-35-26)40-21-8-4-18(5-9-21)27(39)33-28-30-13-14-31-28/h3-8,11-15,17-19,26-27H,9-10,16,20-23H2,1-2H3,(H,40,42)(H2,38,39,41,47);2-5,8-10,12-14,19-20H,6-7,11,15-17H2,1H3,(H2,29,32,34,35)(H2,30,31,33,39)/b4-3+;3-2+/t26-;19-/m11/s1. The molecular weight excluding hydrogens is 1130 g/mol. The summed E-state index contributed by atoms with van der Waals surface area (Å²) in [6.45, 7) is 4.55. The first-order valence-electron chi connectivity index (χ1n) is 29.8. The number of pyridine rings is 2. The lowest BCUT2D eigenvalue weighted by Crippen LogP contribution is -2.30. The number of anilines is 4. The molecule has 4 aliphatic rings. The van der Waals surface area contributed by atoms with E-state index < -0.39 is 0 Å². The van der Waals surface area contributed by atoms with E-state index in [1.807, 2.05) is 50.9 Å². The van der Waals surface area contributed by atoms with E-state index in [1.54, 1.807) is 117 Å². The Labute approximate surface area is 512 Å². The number of aromatic nitrogens is 10. The molecule has 3 aromatic carbocycles. The summed E-state index contributed by atoms with van der Waals surface area (Å²) in [4.78, 5) is 81.9. The van der Waals surface area contributed by atoms with Crippen LogP contribution in [0, 0.1) is 0 Å². The molecule has 89 heavy (non-hydrogen) atoms. The van der Waals surface area contributed by atoms with E-state index in [4.69, 9.17) is 24.3 Å². The van der Waals surface area contributed by atoms with Crippen molar-refractivity contribution in [3.05, 3.63) is 163 Å². The number of aromatic amines is 3. The molecule has 8 heterocycles. The molecule has 0 radical (unpaired) electrons. The van der Waals surface area contributed by atoms with Crippen molar-refractivity contribution in [3.8, 4) is 28.7 Å². The number of nitrogens with zero attached hydrogens (tertiary/aromatic N) is 11. The molecule has 0 bridgehead atoms. The Balaban J connectivity index is 0.000000176. The minimum Gasteiger partial charge on any atom is -0.497 e. The molecule has 25 nitrogen and oxygen atoms in total. The van der Waals surface area contributed by atoms with Crippen LogP contribution in [0.3, 0.4) is 0 Å². The van der Waals surface area contributed by atoms with Crippen molar-refractivity contribution in [1.82, 2.24) is 69.5 Å². The SMILES string of the molecule is CN(C/C=C/C(=O)N1CC[C@@H](Nc2n[nH]c3nccc(Oc4ccc(C(=O)Nc5ncc[nH]5)cc4)c23)C1)C1CC1.COc1ccc(Cn2nc(N[C@@H]3CCN(C(=O)/C=C/CN(C)C4CC4)C3)c3c(Oc4ccc(C(=O)Nc5ncc[nH]5)cc4)ccnc32)cc1. The van der Waals surface area contributed by atoms with Gasteiger partial charge in [0.05, 0.1) is 13.7 Å². The van der Waals surface area contributed by atoms with Crippen molar-refractivity contribution in [2.75, 3.05) is 81.7 Å². The van der Waals surface area contributed by atoms with E-state index in [2.05, 4.69) is 80.3 Å². The minimum absolute atomic E-state index is 0.000891. The van der Waals surface area contributed by atoms with Gasteiger partial charge in [0.1, 0.15) is 39.5 Å². The number of methoxy groups -OCH3 is 1. The molecule has 2 aliphatic heterocycles. The predicted molar refractivity (Wildman–Crippen MR) is 336 cm³/mol. The van der Waals surface area contributed by atoms with E-state index in [0.717, 1.165) is 48.0 Å². The highest BCUT2D eigenvalue weighted by atomic mass is 16.5. The Hall–Kier alpha value is -10.4. The molecular formula is C64H70N18O7. The predicted octanol–water partition coefficient (Wildman–Crippen LogP) is 8.31. The fraction of sp³-hybridized carbons (Fsp3) is 0.312. The summed E-state index contributed by atoms with van der Waals surface area (Å²) in [7, 11) is 5.84. The Morgan fingerprint density at radius 3 is 1.61 bits per heavy atom. The summed E-state index contributed by atoms with van der Waals surface area (Å²) < 4.78 is 19.8. The summed E-state index contributed by atoms with van der Waals surface area (Å²) in [5.74, 6) is 4.52. The highest BCUT2D eigenvalue weighted by molar-refractivity contribution is 6.04. The molecule has 2 saturated carbocycles. The van der Waals surface area contributed by atoms with Crippen LogP contribution in [-0.4, -0.2) is 178 Å². The first kappa shape index (κ1) is 59.0. The third-order valence-electron chi connectivity index (χ3n) is 16.0. The number of rotatable bonds is 23. The van der Waals surface area contributed by atoms with Crippen molar-refractivity contribution in [2.45, 2.75) is 69.2 Å². The minimum atomic E-state index is -0.288. The number of fused-ring (bicyclic) bond motifs is 2. The number of ether oxygens (including phenoxy) is 3. The molecule has 0 spiro atoms. The number of carbonyl (C=O) groups is 4. The topological polar surface area (TPSA) is 287 Å². The lowest BCUT2D eigenvalue weighted by molar-refractivity contribution is -0.125. The lowest BCUT2D eigenvalue weighted by atomic mass is 10.2. The van der Waals surface area contributed by atoms with Crippen molar-refractivity contribution < 1.29 is 33.4 Å². The molecule has 458 valence electrons. The van der Waals surface area contributed by atoms with Crippen molar-refractivity contribution in [1.29, 1.82) is 0 Å². The van der Waals surface area contributed by atoms with Gasteiger partial charge in [0.25, 0.3) is 11.8 Å². The highest BCUT2D eigenvalue weighted by Gasteiger charge is 2.31. The van der Waals surface area contributed by atoms with Gasteiger partial charge in [-0.1, -0.05) is 24.3 Å². The number of benzene rings is 3. The van der Waals surface area contributed by atoms with E-state index in [9.17, 15) is 19.2 Å². The first-order valence-corrected chi connectivity index (χ1v) is 29.8. The number of likely N-dealkylation sites (N-methyl/N-ethyl adjacent to an activating group) is 2. The molecule has 4 amide bonds. The third kappa shape index (κ3) is 14.9. The van der Waals surface area contributed by atoms with E-state index >= 15 is 0 Å². The average molecular weight is 1200 g/mol. The van der Waals surface area contributed by atoms with Crippen molar-refractivity contribution >= 4 is 69.2 Å². The van der Waals surface area contributed by atoms with Crippen LogP contribution in [0.4, 0.5) is 23.5 Å². The molecule has 0 unspecified atom stereocenters. The summed E-state index contributed by atoms with van der Waals surface area (Å²) in [6, 6.07) is 26.5. The van der Waals surface area contributed by atoms with Gasteiger partial charge in [0.2, 0.25) is 23.7 Å². The molecule has 13 rings (SSSR count). The fourth-order valence-corrected chi connectivity index (χ4v) is 10.7. The molecule has 4 fully saturated rings. The van der Waals surface area contributed by atoms with Gasteiger partial charge in [-0.2, -0.15) is 10.2 Å². The maximum atomic E-state index is 13.0. The quantitative estimate of drug-likeness (QED) is 0.0296. The van der Waals surface area contributed by atoms with Gasteiger partial charge in [-0.3, -0.25) is 44.7 Å². The lowest BCUT2D eigenvalue weighted by Gasteiger charge is -2.16. The van der Waals surface area contributed by atoms with Gasteiger partial charge in [-0.25, -0.2) is 24.6 Å². The Morgan fingerprint density at radius 1 is 0.596 bits per heavy atom. The van der Waals surface area contributed by atoms with Crippen LogP contribution in [0.25, 0.3) is 22.1 Å². The van der Waals surface area contributed by atoms with Crippen LogP contribution >= 0.6 is 0 Å². The molecule has 2 atom stereocenters. The maximum absolute atomic E-state index is 13.0. The van der Waals surface area contributed by atoms with Gasteiger partial charge in [0, 0.05) is 136 Å². The van der Waals surface area contributed by atoms with Crippen LogP contribution < -0.4 is 35.5 Å². The highest BCUT2D eigenvalue weighted by Crippen LogP contribution is 2.37. The molecule has 6 aromatic heterocycles. The van der Waals surface area contributed by atoms with Gasteiger partial charge in [-0.05, 0) is 119 Å².